The van der Waals surface area contributed by atoms with Crippen molar-refractivity contribution in [3.05, 3.63) is 52.3 Å². The fourth-order valence-electron chi connectivity index (χ4n) is 1.66. The van der Waals surface area contributed by atoms with E-state index in [1.54, 1.807) is 31.4 Å². The van der Waals surface area contributed by atoms with Crippen LogP contribution in [0.4, 0.5) is 0 Å². The van der Waals surface area contributed by atoms with Gasteiger partial charge in [0.2, 0.25) is 0 Å². The molecular formula is C13H13NO4. The van der Waals surface area contributed by atoms with Crippen molar-refractivity contribution >= 4 is 5.91 Å². The van der Waals surface area contributed by atoms with Crippen LogP contribution in [0.3, 0.4) is 0 Å². The van der Waals surface area contributed by atoms with Gasteiger partial charge in [-0.15, -0.1) is 0 Å². The normalized spacial score (nSPS) is 10.3. The summed E-state index contributed by atoms with van der Waals surface area (Å²) >= 11 is 0. The molecule has 18 heavy (non-hydrogen) atoms. The Morgan fingerprint density at radius 3 is 2.56 bits per heavy atom. The van der Waals surface area contributed by atoms with E-state index in [9.17, 15) is 9.59 Å². The Morgan fingerprint density at radius 1 is 1.33 bits per heavy atom. The highest BCUT2D eigenvalue weighted by atomic mass is 16.5. The van der Waals surface area contributed by atoms with Crippen molar-refractivity contribution in [2.45, 2.75) is 13.3 Å². The van der Waals surface area contributed by atoms with Gasteiger partial charge in [-0.1, -0.05) is 6.92 Å². The topological polar surface area (TPSA) is 61.4 Å². The highest BCUT2D eigenvalue weighted by Gasteiger charge is 2.16. The third-order valence-corrected chi connectivity index (χ3v) is 2.67. The Kier molecular flexibility index (Phi) is 3.32. The predicted molar refractivity (Wildman–Crippen MR) is 65.1 cm³/mol. The molecule has 0 aliphatic carbocycles. The maximum absolute atomic E-state index is 12.2. The average Bonchev–Trinajstić information content (AvgIpc) is 2.79. The third-order valence-electron chi connectivity index (χ3n) is 2.67. The van der Waals surface area contributed by atoms with Gasteiger partial charge in [0.05, 0.1) is 12.8 Å². The summed E-state index contributed by atoms with van der Waals surface area (Å²) < 4.78 is 10.8. The number of carbonyl (C=O) groups is 1. The first-order chi connectivity index (χ1) is 8.67. The minimum Gasteiger partial charge on any atom is -0.497 e. The van der Waals surface area contributed by atoms with E-state index in [1.165, 1.54) is 6.26 Å². The van der Waals surface area contributed by atoms with Crippen molar-refractivity contribution in [3.63, 3.8) is 0 Å². The molecule has 2 rings (SSSR count). The maximum atomic E-state index is 12.2. The summed E-state index contributed by atoms with van der Waals surface area (Å²) in [6, 6.07) is 6.56. The van der Waals surface area contributed by atoms with Gasteiger partial charge in [0.1, 0.15) is 12.0 Å². The molecule has 0 fully saturated rings. The number of ether oxygens (including phenoxy) is 1. The molecule has 0 atom stereocenters. The van der Waals surface area contributed by atoms with Crippen LogP contribution in [0.1, 0.15) is 23.0 Å². The minimum atomic E-state index is -0.660. The van der Waals surface area contributed by atoms with Crippen molar-refractivity contribution in [1.82, 2.24) is 4.57 Å². The Bertz CT molecular complexity index is 607. The number of benzene rings is 1. The van der Waals surface area contributed by atoms with Crippen LogP contribution in [0, 0.1) is 0 Å². The van der Waals surface area contributed by atoms with Gasteiger partial charge in [-0.05, 0) is 30.7 Å². The van der Waals surface area contributed by atoms with Crippen LogP contribution < -0.4 is 10.5 Å². The summed E-state index contributed by atoms with van der Waals surface area (Å²) in [5.74, 6) is -0.400. The lowest BCUT2D eigenvalue weighted by atomic mass is 10.2. The van der Waals surface area contributed by atoms with Gasteiger partial charge >= 0.3 is 5.76 Å². The fraction of sp³-hybridized carbons (Fsp3) is 0.231. The van der Waals surface area contributed by atoms with Crippen LogP contribution in [0.25, 0.3) is 0 Å². The number of hydrogen-bond acceptors (Lipinski definition) is 4. The molecule has 2 aromatic rings. The van der Waals surface area contributed by atoms with Crippen LogP contribution >= 0.6 is 0 Å². The molecule has 0 saturated carbocycles. The maximum Gasteiger partial charge on any atom is 0.426 e. The van der Waals surface area contributed by atoms with Crippen molar-refractivity contribution in [2.24, 2.45) is 0 Å². The lowest BCUT2D eigenvalue weighted by Gasteiger charge is -2.04. The van der Waals surface area contributed by atoms with Crippen molar-refractivity contribution < 1.29 is 13.9 Å². The first-order valence-corrected chi connectivity index (χ1v) is 5.55. The predicted octanol–water partition coefficient (Wildman–Crippen LogP) is 1.70. The standard InChI is InChI=1S/C13H13NO4/c1-3-10-8-18-13(16)14(10)12(15)9-4-6-11(17-2)7-5-9/h4-8H,3H2,1-2H3. The molecule has 5 heteroatoms. The number of carbonyl (C=O) groups excluding carboxylic acids is 1. The lowest BCUT2D eigenvalue weighted by molar-refractivity contribution is 0.0949. The zero-order chi connectivity index (χ0) is 13.1. The van der Waals surface area contributed by atoms with E-state index in [0.29, 0.717) is 23.4 Å². The molecule has 1 aromatic heterocycles. The lowest BCUT2D eigenvalue weighted by Crippen LogP contribution is -2.25. The molecule has 0 aliphatic heterocycles. The first-order valence-electron chi connectivity index (χ1n) is 5.55. The SMILES string of the molecule is CCc1coc(=O)n1C(=O)c1ccc(OC)cc1. The van der Waals surface area contributed by atoms with E-state index in [0.717, 1.165) is 4.57 Å². The van der Waals surface area contributed by atoms with Gasteiger partial charge in [0.15, 0.2) is 0 Å². The summed E-state index contributed by atoms with van der Waals surface area (Å²) in [5, 5.41) is 0. The Morgan fingerprint density at radius 2 is 2.00 bits per heavy atom. The zero-order valence-corrected chi connectivity index (χ0v) is 10.2. The Hall–Kier alpha value is -2.30. The van der Waals surface area contributed by atoms with Gasteiger partial charge in [0.25, 0.3) is 5.91 Å². The molecule has 0 amide bonds. The molecular weight excluding hydrogens is 234 g/mol. The van der Waals surface area contributed by atoms with Crippen molar-refractivity contribution in [1.29, 1.82) is 0 Å². The van der Waals surface area contributed by atoms with Gasteiger partial charge in [-0.25, -0.2) is 9.36 Å². The summed E-state index contributed by atoms with van der Waals surface area (Å²) in [7, 11) is 1.55. The molecule has 0 N–H and O–H groups in total. The third kappa shape index (κ3) is 2.07. The number of oxazole rings is 1. The number of hydrogen-bond donors (Lipinski definition) is 0. The molecule has 0 saturated heterocycles. The summed E-state index contributed by atoms with van der Waals surface area (Å²) in [4.78, 5) is 23.7. The molecule has 0 bridgehead atoms. The number of aromatic nitrogens is 1. The minimum absolute atomic E-state index is 0.395. The number of rotatable bonds is 3. The van der Waals surface area contributed by atoms with Gasteiger partial charge in [0, 0.05) is 5.56 Å². The van der Waals surface area contributed by atoms with E-state index >= 15 is 0 Å². The molecule has 0 unspecified atom stereocenters. The van der Waals surface area contributed by atoms with Gasteiger partial charge in [-0.2, -0.15) is 0 Å². The second-order valence-corrected chi connectivity index (χ2v) is 3.72. The van der Waals surface area contributed by atoms with Crippen LogP contribution in [0.2, 0.25) is 0 Å². The second kappa shape index (κ2) is 4.91. The summed E-state index contributed by atoms with van der Waals surface area (Å²) in [6.45, 7) is 1.85. The quantitative estimate of drug-likeness (QED) is 0.828. The van der Waals surface area contributed by atoms with Crippen LogP contribution in [0.5, 0.6) is 5.75 Å². The van der Waals surface area contributed by atoms with Crippen molar-refractivity contribution in [3.8, 4) is 5.75 Å². The van der Waals surface area contributed by atoms with E-state index in [4.69, 9.17) is 9.15 Å². The molecule has 94 valence electrons. The summed E-state index contributed by atoms with van der Waals surface area (Å²) in [5.41, 5.74) is 0.967. The Balaban J connectivity index is 2.41. The molecule has 0 spiro atoms. The smallest absolute Gasteiger partial charge is 0.426 e. The largest absolute Gasteiger partial charge is 0.497 e. The average molecular weight is 247 g/mol. The van der Waals surface area contributed by atoms with Crippen LogP contribution in [-0.2, 0) is 6.42 Å². The molecule has 0 aliphatic rings. The Labute approximate surface area is 104 Å². The van der Waals surface area contributed by atoms with E-state index in [-0.39, 0.29) is 0 Å². The number of nitrogens with zero attached hydrogens (tertiary/aromatic N) is 1. The molecule has 1 heterocycles. The molecule has 0 radical (unpaired) electrons. The van der Waals surface area contributed by atoms with Crippen LogP contribution in [-0.4, -0.2) is 17.6 Å². The fourth-order valence-corrected chi connectivity index (χ4v) is 1.66. The number of methoxy groups -OCH3 is 1. The monoisotopic (exact) mass is 247 g/mol. The van der Waals surface area contributed by atoms with Crippen LogP contribution in [0.15, 0.2) is 39.7 Å². The first kappa shape index (κ1) is 12.2. The van der Waals surface area contributed by atoms with Gasteiger partial charge < -0.3 is 9.15 Å². The summed E-state index contributed by atoms with van der Waals surface area (Å²) in [6.07, 6.45) is 1.86. The van der Waals surface area contributed by atoms with Gasteiger partial charge in [-0.3, -0.25) is 4.79 Å². The van der Waals surface area contributed by atoms with E-state index in [1.807, 2.05) is 6.92 Å². The second-order valence-electron chi connectivity index (χ2n) is 3.72. The molecule has 1 aromatic carbocycles. The van der Waals surface area contributed by atoms with E-state index in [2.05, 4.69) is 0 Å². The highest BCUT2D eigenvalue weighted by Crippen LogP contribution is 2.13. The molecule has 5 nitrogen and oxygen atoms in total. The zero-order valence-electron chi connectivity index (χ0n) is 10.2. The van der Waals surface area contributed by atoms with Crippen molar-refractivity contribution in [2.75, 3.05) is 7.11 Å². The highest BCUT2D eigenvalue weighted by molar-refractivity contribution is 5.96. The van der Waals surface area contributed by atoms with E-state index < -0.39 is 11.7 Å². The number of aryl methyl sites for hydroxylation is 1.